The van der Waals surface area contributed by atoms with Crippen molar-refractivity contribution >= 4 is 0 Å². The fourth-order valence-corrected chi connectivity index (χ4v) is 1.74. The molecule has 7 heteroatoms. The van der Waals surface area contributed by atoms with E-state index in [9.17, 15) is 15.3 Å². The van der Waals surface area contributed by atoms with Gasteiger partial charge in [0.15, 0.2) is 6.29 Å². The number of methoxy groups -OCH3 is 2. The number of rotatable bonds is 3. The summed E-state index contributed by atoms with van der Waals surface area (Å²) in [6.07, 6.45) is -7.17. The summed E-state index contributed by atoms with van der Waals surface area (Å²) >= 11 is 0. The van der Waals surface area contributed by atoms with Crippen LogP contribution in [0.2, 0.25) is 0 Å². The van der Waals surface area contributed by atoms with Gasteiger partial charge in [0.1, 0.15) is 30.5 Å². The molecular formula is C9H18O7. The molecule has 6 atom stereocenters. The normalized spacial score (nSPS) is 45.4. The molecule has 0 spiro atoms. The molecule has 0 aromatic carbocycles. The molecule has 0 bridgehead atoms. The number of ether oxygens (including phenoxy) is 3. The third-order valence-corrected chi connectivity index (χ3v) is 2.68. The molecule has 1 rings (SSSR count). The van der Waals surface area contributed by atoms with Crippen molar-refractivity contribution in [3.63, 3.8) is 0 Å². The van der Waals surface area contributed by atoms with E-state index >= 15 is 0 Å². The van der Waals surface area contributed by atoms with Gasteiger partial charge in [-0.1, -0.05) is 0 Å². The molecule has 4 N–H and O–H groups in total. The molecule has 0 unspecified atom stereocenters. The van der Waals surface area contributed by atoms with Crippen LogP contribution >= 0.6 is 0 Å². The summed E-state index contributed by atoms with van der Waals surface area (Å²) in [5.74, 6) is 0. The highest BCUT2D eigenvalue weighted by molar-refractivity contribution is 4.91. The summed E-state index contributed by atoms with van der Waals surface area (Å²) in [6, 6.07) is 0. The van der Waals surface area contributed by atoms with Crippen molar-refractivity contribution in [2.24, 2.45) is 0 Å². The average molecular weight is 238 g/mol. The monoisotopic (exact) mass is 238 g/mol. The molecule has 0 saturated carbocycles. The Hall–Kier alpha value is -0.280. The van der Waals surface area contributed by atoms with Crippen molar-refractivity contribution in [3.8, 4) is 0 Å². The summed E-state index contributed by atoms with van der Waals surface area (Å²) in [4.78, 5) is 0. The van der Waals surface area contributed by atoms with Gasteiger partial charge < -0.3 is 34.6 Å². The molecule has 16 heavy (non-hydrogen) atoms. The summed E-state index contributed by atoms with van der Waals surface area (Å²) in [6.45, 7) is -0.422. The molecule has 0 aromatic rings. The summed E-state index contributed by atoms with van der Waals surface area (Å²) in [7, 11) is 2.60. The highest BCUT2D eigenvalue weighted by Gasteiger charge is 2.45. The Kier molecular flexibility index (Phi) is 5.06. The van der Waals surface area contributed by atoms with Crippen LogP contribution in [0.3, 0.4) is 0 Å². The Morgan fingerprint density at radius 3 is 2.06 bits per heavy atom. The molecule has 0 radical (unpaired) electrons. The highest BCUT2D eigenvalue weighted by Crippen LogP contribution is 2.22. The number of hydrogen-bond donors (Lipinski definition) is 4. The molecule has 0 aliphatic carbocycles. The van der Waals surface area contributed by atoms with Gasteiger partial charge in [-0.25, -0.2) is 0 Å². The van der Waals surface area contributed by atoms with Crippen LogP contribution in [0, 0.1) is 0 Å². The minimum Gasteiger partial charge on any atom is -0.394 e. The number of hydrogen-bond acceptors (Lipinski definition) is 7. The van der Waals surface area contributed by atoms with E-state index in [1.54, 1.807) is 0 Å². The second-order valence-corrected chi connectivity index (χ2v) is 3.63. The molecule has 1 aliphatic rings. The van der Waals surface area contributed by atoms with E-state index in [0.717, 1.165) is 0 Å². The van der Waals surface area contributed by atoms with E-state index in [-0.39, 0.29) is 0 Å². The van der Waals surface area contributed by atoms with E-state index in [2.05, 4.69) is 0 Å². The summed E-state index contributed by atoms with van der Waals surface area (Å²) in [5, 5.41) is 38.0. The smallest absolute Gasteiger partial charge is 0.186 e. The molecule has 1 aliphatic heterocycles. The van der Waals surface area contributed by atoms with E-state index < -0.39 is 43.4 Å². The Bertz CT molecular complexity index is 210. The van der Waals surface area contributed by atoms with Crippen LogP contribution in [0.4, 0.5) is 0 Å². The van der Waals surface area contributed by atoms with Gasteiger partial charge in [-0.15, -0.1) is 0 Å². The van der Waals surface area contributed by atoms with Gasteiger partial charge in [-0.2, -0.15) is 0 Å². The first-order valence-electron chi connectivity index (χ1n) is 4.93. The van der Waals surface area contributed by atoms with Crippen molar-refractivity contribution in [1.82, 2.24) is 0 Å². The van der Waals surface area contributed by atoms with Gasteiger partial charge in [-0.05, 0) is 0 Å². The van der Waals surface area contributed by atoms with Crippen molar-refractivity contribution in [2.75, 3.05) is 20.8 Å². The first kappa shape index (κ1) is 13.8. The van der Waals surface area contributed by atoms with Gasteiger partial charge in [0.2, 0.25) is 0 Å². The zero-order valence-electron chi connectivity index (χ0n) is 9.18. The van der Waals surface area contributed by atoms with Gasteiger partial charge in [-0.3, -0.25) is 0 Å². The molecule has 0 amide bonds. The maximum absolute atomic E-state index is 9.72. The largest absolute Gasteiger partial charge is 0.394 e. The van der Waals surface area contributed by atoms with E-state index in [0.29, 0.717) is 0 Å². The topological polar surface area (TPSA) is 109 Å². The molecule has 1 saturated heterocycles. The lowest BCUT2D eigenvalue weighted by atomic mass is 10.0. The zero-order valence-corrected chi connectivity index (χ0v) is 9.18. The van der Waals surface area contributed by atoms with Crippen LogP contribution in [0.25, 0.3) is 0 Å². The molecular weight excluding hydrogens is 220 g/mol. The Morgan fingerprint density at radius 1 is 1.00 bits per heavy atom. The van der Waals surface area contributed by atoms with Gasteiger partial charge >= 0.3 is 0 Å². The van der Waals surface area contributed by atoms with Crippen molar-refractivity contribution in [3.05, 3.63) is 0 Å². The van der Waals surface area contributed by atoms with E-state index in [4.69, 9.17) is 19.3 Å². The average Bonchev–Trinajstić information content (AvgIpc) is 2.39. The molecule has 96 valence electrons. The minimum absolute atomic E-state index is 0.422. The lowest BCUT2D eigenvalue weighted by Gasteiger charge is -2.26. The van der Waals surface area contributed by atoms with Crippen LogP contribution in [-0.4, -0.2) is 78.1 Å². The molecule has 7 nitrogen and oxygen atoms in total. The molecule has 1 heterocycles. The summed E-state index contributed by atoms with van der Waals surface area (Å²) < 4.78 is 15.0. The van der Waals surface area contributed by atoms with Crippen LogP contribution < -0.4 is 0 Å². The van der Waals surface area contributed by atoms with Crippen molar-refractivity contribution in [2.45, 2.75) is 36.8 Å². The second kappa shape index (κ2) is 5.87. The van der Waals surface area contributed by atoms with Crippen LogP contribution in [0.5, 0.6) is 0 Å². The Morgan fingerprint density at radius 2 is 1.62 bits per heavy atom. The third kappa shape index (κ3) is 2.51. The van der Waals surface area contributed by atoms with Gasteiger partial charge in [0, 0.05) is 14.2 Å². The first-order valence-corrected chi connectivity index (χ1v) is 4.93. The van der Waals surface area contributed by atoms with E-state index in [1.165, 1.54) is 14.2 Å². The Balaban J connectivity index is 2.90. The maximum Gasteiger partial charge on any atom is 0.186 e. The summed E-state index contributed by atoms with van der Waals surface area (Å²) in [5.41, 5.74) is 0. The highest BCUT2D eigenvalue weighted by atomic mass is 16.7. The zero-order chi connectivity index (χ0) is 12.3. The standard InChI is InChI=1S/C9H18O7/c1-14-8-4(3-10)16-9(15-2)7(13)5(11)6(8)12/h4-13H,3H2,1-2H3/t4-,5+,6+,7+,8+,9+/m0/s1. The van der Waals surface area contributed by atoms with Crippen molar-refractivity contribution < 1.29 is 34.6 Å². The van der Waals surface area contributed by atoms with Crippen molar-refractivity contribution in [1.29, 1.82) is 0 Å². The molecule has 0 aromatic heterocycles. The fraction of sp³-hybridized carbons (Fsp3) is 1.00. The lowest BCUT2D eigenvalue weighted by molar-refractivity contribution is -0.223. The minimum atomic E-state index is -1.47. The first-order chi connectivity index (χ1) is 7.56. The van der Waals surface area contributed by atoms with Crippen LogP contribution in [0.15, 0.2) is 0 Å². The molecule has 1 fully saturated rings. The fourth-order valence-electron chi connectivity index (χ4n) is 1.74. The maximum atomic E-state index is 9.72. The van der Waals surface area contributed by atoms with Gasteiger partial charge in [0.05, 0.1) is 6.61 Å². The third-order valence-electron chi connectivity index (χ3n) is 2.68. The van der Waals surface area contributed by atoms with Crippen LogP contribution in [0.1, 0.15) is 0 Å². The van der Waals surface area contributed by atoms with Gasteiger partial charge in [0.25, 0.3) is 0 Å². The van der Waals surface area contributed by atoms with Crippen LogP contribution in [-0.2, 0) is 14.2 Å². The number of aliphatic hydroxyl groups is 4. The quantitative estimate of drug-likeness (QED) is 0.428. The second-order valence-electron chi connectivity index (χ2n) is 3.63. The lowest BCUT2D eigenvalue weighted by Crippen LogP contribution is -2.48. The number of aliphatic hydroxyl groups excluding tert-OH is 4. The SMILES string of the molecule is CO[C@@H]1O[C@@H](CO)[C@@H](OC)[C@H](O)[C@@H](O)[C@H]1O. The predicted molar refractivity (Wildman–Crippen MR) is 51.6 cm³/mol. The Labute approximate surface area is 93.2 Å². The predicted octanol–water partition coefficient (Wildman–Crippen LogP) is -2.55. The van der Waals surface area contributed by atoms with E-state index in [1.807, 2.05) is 0 Å².